The molecule has 0 unspecified atom stereocenters. The molecule has 0 amide bonds. The number of carbonyl (C=O) groups excluding carboxylic acids is 1. The smallest absolute Gasteiger partial charge is 0.289 e. The van der Waals surface area contributed by atoms with E-state index in [4.69, 9.17) is 0 Å². The monoisotopic (exact) mass is 239 g/mol. The largest absolute Gasteiger partial charge is 0.450 e. The zero-order valence-corrected chi connectivity index (χ0v) is 8.66. The van der Waals surface area contributed by atoms with Gasteiger partial charge < -0.3 is 0 Å². The third-order valence-corrected chi connectivity index (χ3v) is 2.35. The molecule has 1 heterocycles. The topological polar surface area (TPSA) is 30.0 Å². The molecule has 0 aliphatic rings. The van der Waals surface area contributed by atoms with E-state index in [9.17, 15) is 18.0 Å². The highest BCUT2D eigenvalue weighted by atomic mass is 19.4. The molecule has 2 nitrogen and oxygen atoms in total. The maximum absolute atomic E-state index is 12.1. The fraction of sp³-hybridized carbons (Fsp3) is 0.167. The summed E-state index contributed by atoms with van der Waals surface area (Å²) in [7, 11) is 0. The van der Waals surface area contributed by atoms with E-state index >= 15 is 0 Å². The van der Waals surface area contributed by atoms with Crippen LogP contribution in [0.15, 0.2) is 36.5 Å². The maximum Gasteiger partial charge on any atom is 0.450 e. The molecule has 0 bridgehead atoms. The molecule has 1 aromatic heterocycles. The second-order valence-corrected chi connectivity index (χ2v) is 3.63. The van der Waals surface area contributed by atoms with E-state index in [1.807, 2.05) is 0 Å². The van der Waals surface area contributed by atoms with Gasteiger partial charge in [-0.15, -0.1) is 0 Å². The molecule has 5 heteroatoms. The van der Waals surface area contributed by atoms with Gasteiger partial charge >= 0.3 is 6.18 Å². The molecule has 17 heavy (non-hydrogen) atoms. The quantitative estimate of drug-likeness (QED) is 0.806. The number of hydrogen-bond acceptors (Lipinski definition) is 2. The minimum atomic E-state index is -4.77. The summed E-state index contributed by atoms with van der Waals surface area (Å²) in [5, 5.41) is 0.722. The lowest BCUT2D eigenvalue weighted by Gasteiger charge is -2.05. The van der Waals surface area contributed by atoms with Gasteiger partial charge in [-0.05, 0) is 23.8 Å². The van der Waals surface area contributed by atoms with E-state index in [2.05, 4.69) is 4.98 Å². The number of hydrogen-bond donors (Lipinski definition) is 0. The zero-order chi connectivity index (χ0) is 12.5. The molecule has 2 aromatic rings. The first kappa shape index (κ1) is 11.6. The fourth-order valence-electron chi connectivity index (χ4n) is 1.52. The molecule has 88 valence electrons. The van der Waals surface area contributed by atoms with Crippen molar-refractivity contribution in [3.63, 3.8) is 0 Å². The van der Waals surface area contributed by atoms with Gasteiger partial charge in [-0.2, -0.15) is 13.2 Å². The number of carbonyl (C=O) groups is 1. The molecule has 0 aliphatic heterocycles. The molecule has 2 rings (SSSR count). The summed E-state index contributed by atoms with van der Waals surface area (Å²) in [4.78, 5) is 14.9. The van der Waals surface area contributed by atoms with Crippen LogP contribution in [0.1, 0.15) is 5.56 Å². The SMILES string of the molecule is O=C(Cc1ccc2ncccc2c1)C(F)(F)F. The van der Waals surface area contributed by atoms with Gasteiger partial charge in [-0.3, -0.25) is 9.78 Å². The summed E-state index contributed by atoms with van der Waals surface area (Å²) >= 11 is 0. The first-order valence-corrected chi connectivity index (χ1v) is 4.90. The Morgan fingerprint density at radius 2 is 2.00 bits per heavy atom. The van der Waals surface area contributed by atoms with E-state index in [0.717, 1.165) is 5.39 Å². The van der Waals surface area contributed by atoms with Gasteiger partial charge in [-0.25, -0.2) is 0 Å². The van der Waals surface area contributed by atoms with Crippen LogP contribution in [0.3, 0.4) is 0 Å². The Labute approximate surface area is 95.1 Å². The lowest BCUT2D eigenvalue weighted by atomic mass is 10.1. The number of alkyl halides is 3. The van der Waals surface area contributed by atoms with Crippen molar-refractivity contribution in [3.8, 4) is 0 Å². The number of benzene rings is 1. The standard InChI is InChI=1S/C12H8F3NO/c13-12(14,15)11(17)7-8-3-4-10-9(6-8)2-1-5-16-10/h1-6H,7H2. The average Bonchev–Trinajstić information content (AvgIpc) is 2.27. The summed E-state index contributed by atoms with van der Waals surface area (Å²) in [6.45, 7) is 0. The second kappa shape index (κ2) is 4.16. The minimum Gasteiger partial charge on any atom is -0.289 e. The number of rotatable bonds is 2. The van der Waals surface area contributed by atoms with Crippen LogP contribution in [-0.2, 0) is 11.2 Å². The van der Waals surface area contributed by atoms with Crippen molar-refractivity contribution < 1.29 is 18.0 Å². The molecule has 0 fully saturated rings. The Kier molecular flexibility index (Phi) is 2.83. The van der Waals surface area contributed by atoms with E-state index in [1.54, 1.807) is 30.5 Å². The molecule has 0 saturated carbocycles. The van der Waals surface area contributed by atoms with Crippen LogP contribution in [0.2, 0.25) is 0 Å². The Hall–Kier alpha value is -1.91. The van der Waals surface area contributed by atoms with Crippen molar-refractivity contribution in [1.29, 1.82) is 0 Å². The van der Waals surface area contributed by atoms with Crippen LogP contribution in [0.25, 0.3) is 10.9 Å². The third-order valence-electron chi connectivity index (χ3n) is 2.35. The Balaban J connectivity index is 2.29. The number of Topliss-reactive ketones (excluding diaryl/α,β-unsaturated/α-hetero) is 1. The molecule has 0 saturated heterocycles. The summed E-state index contributed by atoms with van der Waals surface area (Å²) in [5.41, 5.74) is 1.03. The number of aromatic nitrogens is 1. The van der Waals surface area contributed by atoms with Crippen molar-refractivity contribution in [3.05, 3.63) is 42.1 Å². The van der Waals surface area contributed by atoms with Crippen molar-refractivity contribution in [2.24, 2.45) is 0 Å². The zero-order valence-electron chi connectivity index (χ0n) is 8.66. The molecule has 0 N–H and O–H groups in total. The Morgan fingerprint density at radius 1 is 1.24 bits per heavy atom. The van der Waals surface area contributed by atoms with Crippen molar-refractivity contribution in [2.45, 2.75) is 12.6 Å². The molecule has 0 atom stereocenters. The van der Waals surface area contributed by atoms with Crippen molar-refractivity contribution in [1.82, 2.24) is 4.98 Å². The highest BCUT2D eigenvalue weighted by molar-refractivity contribution is 5.87. The van der Waals surface area contributed by atoms with Crippen molar-refractivity contribution in [2.75, 3.05) is 0 Å². The number of halogens is 3. The predicted octanol–water partition coefficient (Wildman–Crippen LogP) is 2.91. The molecule has 0 radical (unpaired) electrons. The summed E-state index contributed by atoms with van der Waals surface area (Å²) in [6.07, 6.45) is -3.80. The van der Waals surface area contributed by atoms with Gasteiger partial charge in [0.05, 0.1) is 5.52 Å². The molecule has 0 spiro atoms. The Bertz CT molecular complexity index is 563. The summed E-state index contributed by atoms with van der Waals surface area (Å²) in [6, 6.07) is 8.07. The number of nitrogens with zero attached hydrogens (tertiary/aromatic N) is 1. The van der Waals surface area contributed by atoms with E-state index in [0.29, 0.717) is 11.1 Å². The summed E-state index contributed by atoms with van der Waals surface area (Å²) < 4.78 is 36.3. The van der Waals surface area contributed by atoms with Crippen LogP contribution in [-0.4, -0.2) is 16.9 Å². The molecular weight excluding hydrogens is 231 g/mol. The van der Waals surface area contributed by atoms with E-state index in [-0.39, 0.29) is 0 Å². The molecule has 0 aliphatic carbocycles. The van der Waals surface area contributed by atoms with Gasteiger partial charge in [0.15, 0.2) is 0 Å². The van der Waals surface area contributed by atoms with Crippen LogP contribution < -0.4 is 0 Å². The first-order valence-electron chi connectivity index (χ1n) is 4.90. The Morgan fingerprint density at radius 3 is 2.71 bits per heavy atom. The van der Waals surface area contributed by atoms with Crippen LogP contribution >= 0.6 is 0 Å². The normalized spacial score (nSPS) is 11.7. The highest BCUT2D eigenvalue weighted by Crippen LogP contribution is 2.20. The lowest BCUT2D eigenvalue weighted by molar-refractivity contribution is -0.170. The van der Waals surface area contributed by atoms with Crippen LogP contribution in [0.4, 0.5) is 13.2 Å². The van der Waals surface area contributed by atoms with Gasteiger partial charge in [0.1, 0.15) is 0 Å². The average molecular weight is 239 g/mol. The van der Waals surface area contributed by atoms with Gasteiger partial charge in [0, 0.05) is 18.0 Å². The highest BCUT2D eigenvalue weighted by Gasteiger charge is 2.37. The predicted molar refractivity (Wildman–Crippen MR) is 56.5 cm³/mol. The number of pyridine rings is 1. The summed E-state index contributed by atoms with van der Waals surface area (Å²) in [5.74, 6) is -1.74. The first-order chi connectivity index (χ1) is 7.97. The molecule has 1 aromatic carbocycles. The van der Waals surface area contributed by atoms with E-state index < -0.39 is 18.4 Å². The van der Waals surface area contributed by atoms with Gasteiger partial charge in [0.2, 0.25) is 5.78 Å². The van der Waals surface area contributed by atoms with Crippen LogP contribution in [0.5, 0.6) is 0 Å². The fourth-order valence-corrected chi connectivity index (χ4v) is 1.52. The number of ketones is 1. The lowest BCUT2D eigenvalue weighted by Crippen LogP contribution is -2.24. The molecular formula is C12H8F3NO. The van der Waals surface area contributed by atoms with Crippen LogP contribution in [0, 0.1) is 0 Å². The van der Waals surface area contributed by atoms with E-state index in [1.165, 1.54) is 6.07 Å². The second-order valence-electron chi connectivity index (χ2n) is 3.63. The van der Waals surface area contributed by atoms with Crippen molar-refractivity contribution >= 4 is 16.7 Å². The third kappa shape index (κ3) is 2.61. The maximum atomic E-state index is 12.1. The van der Waals surface area contributed by atoms with Gasteiger partial charge in [0.25, 0.3) is 0 Å². The number of fused-ring (bicyclic) bond motifs is 1. The van der Waals surface area contributed by atoms with Gasteiger partial charge in [-0.1, -0.05) is 12.1 Å². The minimum absolute atomic E-state index is 0.341.